The molecular weight excluding hydrogens is 294 g/mol. The van der Waals surface area contributed by atoms with Gasteiger partial charge in [0.1, 0.15) is 17.4 Å². The van der Waals surface area contributed by atoms with E-state index in [1.807, 2.05) is 0 Å². The highest BCUT2D eigenvalue weighted by atomic mass is 19.3. The van der Waals surface area contributed by atoms with E-state index in [0.717, 1.165) is 0 Å². The number of halogens is 4. The van der Waals surface area contributed by atoms with Crippen LogP contribution in [0.4, 0.5) is 17.6 Å². The summed E-state index contributed by atoms with van der Waals surface area (Å²) >= 11 is 0. The third-order valence-corrected chi connectivity index (χ3v) is 2.80. The number of methoxy groups -OCH3 is 1. The van der Waals surface area contributed by atoms with Gasteiger partial charge >= 0.3 is 0 Å². The Morgan fingerprint density at radius 1 is 1.38 bits per heavy atom. The van der Waals surface area contributed by atoms with Crippen molar-refractivity contribution in [2.75, 3.05) is 20.3 Å². The van der Waals surface area contributed by atoms with E-state index in [9.17, 15) is 22.4 Å². The maximum Gasteiger partial charge on any atom is 0.282 e. The zero-order valence-corrected chi connectivity index (χ0v) is 11.7. The van der Waals surface area contributed by atoms with Crippen molar-refractivity contribution < 1.29 is 27.1 Å². The van der Waals surface area contributed by atoms with Gasteiger partial charge in [-0.15, -0.1) is 0 Å². The van der Waals surface area contributed by atoms with Gasteiger partial charge in [-0.3, -0.25) is 9.48 Å². The minimum absolute atomic E-state index is 0.296. The third-order valence-electron chi connectivity index (χ3n) is 2.80. The topological polar surface area (TPSA) is 56.1 Å². The highest BCUT2D eigenvalue weighted by Crippen LogP contribution is 2.27. The van der Waals surface area contributed by atoms with E-state index in [4.69, 9.17) is 4.74 Å². The predicted octanol–water partition coefficient (Wildman–Crippen LogP) is 2.47. The van der Waals surface area contributed by atoms with Gasteiger partial charge in [0.2, 0.25) is 5.91 Å². The standard InChI is InChI=1S/C12H17F4N3O2/c1-7(12(20)17-4-3-5-21-2)19-9(11(15)16)6-8(18-19)10(13)14/h6-7,10-11H,3-5H2,1-2H3,(H,17,20). The first kappa shape index (κ1) is 17.4. The zero-order valence-electron chi connectivity index (χ0n) is 11.7. The Labute approximate surface area is 119 Å². The average molecular weight is 311 g/mol. The number of carbonyl (C=O) groups excluding carboxylic acids is 1. The number of nitrogens with zero attached hydrogens (tertiary/aromatic N) is 2. The molecule has 0 spiro atoms. The molecule has 0 aliphatic heterocycles. The van der Waals surface area contributed by atoms with Gasteiger partial charge in [0.15, 0.2) is 0 Å². The molecule has 0 aliphatic carbocycles. The number of aromatic nitrogens is 2. The van der Waals surface area contributed by atoms with Gasteiger partial charge in [-0.25, -0.2) is 17.6 Å². The largest absolute Gasteiger partial charge is 0.385 e. The number of alkyl halides is 4. The second kappa shape index (κ2) is 7.96. The van der Waals surface area contributed by atoms with Crippen molar-refractivity contribution in [3.63, 3.8) is 0 Å². The second-order valence-corrected chi connectivity index (χ2v) is 4.35. The maximum atomic E-state index is 12.8. The quantitative estimate of drug-likeness (QED) is 0.593. The van der Waals surface area contributed by atoms with Crippen molar-refractivity contribution in [2.24, 2.45) is 0 Å². The molecule has 9 heteroatoms. The molecule has 1 atom stereocenters. The van der Waals surface area contributed by atoms with Crippen molar-refractivity contribution in [1.82, 2.24) is 15.1 Å². The van der Waals surface area contributed by atoms with Crippen LogP contribution in [-0.2, 0) is 9.53 Å². The van der Waals surface area contributed by atoms with Crippen LogP contribution in [0.3, 0.4) is 0 Å². The molecule has 1 aromatic heterocycles. The molecule has 1 unspecified atom stereocenters. The second-order valence-electron chi connectivity index (χ2n) is 4.35. The molecule has 0 aromatic carbocycles. The van der Waals surface area contributed by atoms with Gasteiger partial charge in [0.05, 0.1) is 0 Å². The number of hydrogen-bond acceptors (Lipinski definition) is 3. The van der Waals surface area contributed by atoms with Crippen molar-refractivity contribution in [2.45, 2.75) is 32.2 Å². The summed E-state index contributed by atoms with van der Waals surface area (Å²) in [6, 6.07) is -0.492. The van der Waals surface area contributed by atoms with Crippen molar-refractivity contribution in [1.29, 1.82) is 0 Å². The SMILES string of the molecule is COCCCNC(=O)C(C)n1nc(C(F)F)cc1C(F)F. The molecule has 1 aromatic rings. The number of hydrogen-bond donors (Lipinski definition) is 1. The molecule has 21 heavy (non-hydrogen) atoms. The summed E-state index contributed by atoms with van der Waals surface area (Å²) in [6.07, 6.45) is -5.41. The molecule has 0 fully saturated rings. The van der Waals surface area contributed by atoms with Crippen molar-refractivity contribution >= 4 is 5.91 Å². The van der Waals surface area contributed by atoms with E-state index in [-0.39, 0.29) is 0 Å². The number of nitrogens with one attached hydrogen (secondary N) is 1. The zero-order chi connectivity index (χ0) is 16.0. The van der Waals surface area contributed by atoms with Crippen LogP contribution in [0.15, 0.2) is 6.07 Å². The Kier molecular flexibility index (Phi) is 6.60. The normalized spacial score (nSPS) is 13.0. The summed E-state index contributed by atoms with van der Waals surface area (Å²) in [4.78, 5) is 11.8. The van der Waals surface area contributed by atoms with Gasteiger partial charge in [0.25, 0.3) is 12.9 Å². The number of amides is 1. The molecule has 1 N–H and O–H groups in total. The summed E-state index contributed by atoms with van der Waals surface area (Å²) in [5, 5.41) is 5.91. The fraction of sp³-hybridized carbons (Fsp3) is 0.667. The van der Waals surface area contributed by atoms with Crippen LogP contribution in [0.5, 0.6) is 0 Å². The Morgan fingerprint density at radius 2 is 2.05 bits per heavy atom. The minimum Gasteiger partial charge on any atom is -0.385 e. The fourth-order valence-electron chi connectivity index (χ4n) is 1.70. The summed E-state index contributed by atoms with van der Waals surface area (Å²) in [7, 11) is 1.51. The molecule has 0 bridgehead atoms. The fourth-order valence-corrected chi connectivity index (χ4v) is 1.70. The molecule has 1 heterocycles. The lowest BCUT2D eigenvalue weighted by Crippen LogP contribution is -2.33. The summed E-state index contributed by atoms with van der Waals surface area (Å²) in [5.74, 6) is -0.572. The molecule has 0 saturated carbocycles. The van der Waals surface area contributed by atoms with Gasteiger partial charge in [0, 0.05) is 20.3 Å². The number of carbonyl (C=O) groups is 1. The molecule has 0 aliphatic rings. The van der Waals surface area contributed by atoms with Crippen LogP contribution in [0.1, 0.15) is 43.6 Å². The first-order chi connectivity index (χ1) is 9.88. The monoisotopic (exact) mass is 311 g/mol. The van der Waals surface area contributed by atoms with Crippen LogP contribution in [0.25, 0.3) is 0 Å². The lowest BCUT2D eigenvalue weighted by atomic mass is 10.3. The molecule has 5 nitrogen and oxygen atoms in total. The van der Waals surface area contributed by atoms with E-state index in [1.165, 1.54) is 14.0 Å². The summed E-state index contributed by atoms with van der Waals surface area (Å²) in [5.41, 5.74) is -1.48. The lowest BCUT2D eigenvalue weighted by Gasteiger charge is -2.15. The van der Waals surface area contributed by atoms with Crippen LogP contribution >= 0.6 is 0 Å². The summed E-state index contributed by atoms with van der Waals surface area (Å²) < 4.78 is 56.2. The van der Waals surface area contributed by atoms with Crippen LogP contribution in [0, 0.1) is 0 Å². The van der Waals surface area contributed by atoms with E-state index in [1.54, 1.807) is 0 Å². The molecule has 0 saturated heterocycles. The average Bonchev–Trinajstić information content (AvgIpc) is 2.88. The van der Waals surface area contributed by atoms with E-state index >= 15 is 0 Å². The highest BCUT2D eigenvalue weighted by molar-refractivity contribution is 5.79. The van der Waals surface area contributed by atoms with Gasteiger partial charge in [-0.2, -0.15) is 5.10 Å². The summed E-state index contributed by atoms with van der Waals surface area (Å²) in [6.45, 7) is 2.05. The van der Waals surface area contributed by atoms with Gasteiger partial charge < -0.3 is 10.1 Å². The van der Waals surface area contributed by atoms with Gasteiger partial charge in [-0.05, 0) is 19.4 Å². The lowest BCUT2D eigenvalue weighted by molar-refractivity contribution is -0.124. The Bertz CT molecular complexity index is 465. The minimum atomic E-state index is -2.99. The third kappa shape index (κ3) is 4.69. The first-order valence-electron chi connectivity index (χ1n) is 6.30. The van der Waals surface area contributed by atoms with Crippen LogP contribution < -0.4 is 5.32 Å². The van der Waals surface area contributed by atoms with Crippen LogP contribution in [-0.4, -0.2) is 35.9 Å². The van der Waals surface area contributed by atoms with Crippen LogP contribution in [0.2, 0.25) is 0 Å². The van der Waals surface area contributed by atoms with E-state index < -0.39 is 36.2 Å². The Balaban J connectivity index is 2.80. The molecule has 0 radical (unpaired) electrons. The van der Waals surface area contributed by atoms with E-state index in [2.05, 4.69) is 10.4 Å². The van der Waals surface area contributed by atoms with Gasteiger partial charge in [-0.1, -0.05) is 0 Å². The molecule has 120 valence electrons. The number of rotatable bonds is 8. The van der Waals surface area contributed by atoms with E-state index in [0.29, 0.717) is 30.3 Å². The van der Waals surface area contributed by atoms with Crippen molar-refractivity contribution in [3.8, 4) is 0 Å². The highest BCUT2D eigenvalue weighted by Gasteiger charge is 2.26. The maximum absolute atomic E-state index is 12.8. The Morgan fingerprint density at radius 3 is 2.57 bits per heavy atom. The smallest absolute Gasteiger partial charge is 0.282 e. The van der Waals surface area contributed by atoms with Crippen molar-refractivity contribution in [3.05, 3.63) is 17.5 Å². The Hall–Kier alpha value is -1.64. The first-order valence-corrected chi connectivity index (χ1v) is 6.30. The number of ether oxygens (including phenoxy) is 1. The molecular formula is C12H17F4N3O2. The predicted molar refractivity (Wildman–Crippen MR) is 66.4 cm³/mol. The molecule has 1 rings (SSSR count). The molecule has 1 amide bonds.